The zero-order chi connectivity index (χ0) is 10.9. The van der Waals surface area contributed by atoms with Gasteiger partial charge in [0.25, 0.3) is 0 Å². The predicted octanol–water partition coefficient (Wildman–Crippen LogP) is 1.01. The van der Waals surface area contributed by atoms with Gasteiger partial charge in [-0.25, -0.2) is 13.1 Å². The van der Waals surface area contributed by atoms with E-state index >= 15 is 0 Å². The number of hydrogen-bond donors (Lipinski definition) is 2. The first-order chi connectivity index (χ1) is 7.08. The van der Waals surface area contributed by atoms with Gasteiger partial charge in [0.2, 0.25) is 10.0 Å². The molecule has 4 nitrogen and oxygen atoms in total. The van der Waals surface area contributed by atoms with Crippen LogP contribution in [0.4, 0.5) is 0 Å². The van der Waals surface area contributed by atoms with Crippen LogP contribution in [0.3, 0.4) is 0 Å². The highest BCUT2D eigenvalue weighted by atomic mass is 35.5. The van der Waals surface area contributed by atoms with Gasteiger partial charge in [-0.1, -0.05) is 11.6 Å². The molecular formula is C9H12Cl2N2O2S. The lowest BCUT2D eigenvalue weighted by Gasteiger charge is -2.27. The molecule has 0 bridgehead atoms. The van der Waals surface area contributed by atoms with E-state index in [9.17, 15) is 8.42 Å². The molecule has 16 heavy (non-hydrogen) atoms. The summed E-state index contributed by atoms with van der Waals surface area (Å²) in [7, 11) is -3.39. The number of halogens is 2. The van der Waals surface area contributed by atoms with Gasteiger partial charge in [-0.3, -0.25) is 0 Å². The first kappa shape index (κ1) is 13.7. The Morgan fingerprint density at radius 1 is 1.25 bits per heavy atom. The van der Waals surface area contributed by atoms with Crippen LogP contribution in [0.1, 0.15) is 0 Å². The summed E-state index contributed by atoms with van der Waals surface area (Å²) in [6.07, 6.45) is 0. The Labute approximate surface area is 106 Å². The van der Waals surface area contributed by atoms with Gasteiger partial charge in [-0.2, -0.15) is 0 Å². The molecule has 7 heteroatoms. The second kappa shape index (κ2) is 5.33. The zero-order valence-electron chi connectivity index (χ0n) is 8.31. The number of benzene rings is 1. The van der Waals surface area contributed by atoms with E-state index in [1.807, 2.05) is 0 Å². The highest BCUT2D eigenvalue weighted by Crippen LogP contribution is 2.14. The van der Waals surface area contributed by atoms with Crippen LogP contribution in [-0.4, -0.2) is 27.5 Å². The molecule has 0 unspecified atom stereocenters. The van der Waals surface area contributed by atoms with Crippen molar-refractivity contribution in [1.82, 2.24) is 10.0 Å². The van der Waals surface area contributed by atoms with Crippen LogP contribution in [0.25, 0.3) is 0 Å². The summed E-state index contributed by atoms with van der Waals surface area (Å²) < 4.78 is 26.1. The Hall–Kier alpha value is -0.330. The van der Waals surface area contributed by atoms with E-state index in [0.29, 0.717) is 18.1 Å². The molecular weight excluding hydrogens is 271 g/mol. The van der Waals surface area contributed by atoms with Crippen LogP contribution in [0.15, 0.2) is 29.2 Å². The van der Waals surface area contributed by atoms with Crippen molar-refractivity contribution < 1.29 is 8.42 Å². The van der Waals surface area contributed by atoms with Crippen molar-refractivity contribution in [2.75, 3.05) is 13.1 Å². The lowest BCUT2D eigenvalue weighted by Crippen LogP contribution is -2.56. The minimum atomic E-state index is -3.39. The minimum absolute atomic E-state index is 0. The van der Waals surface area contributed by atoms with E-state index in [4.69, 9.17) is 11.6 Å². The number of sulfonamides is 1. The minimum Gasteiger partial charge on any atom is -0.313 e. The molecule has 1 aromatic carbocycles. The molecule has 0 spiro atoms. The maximum absolute atomic E-state index is 11.8. The summed E-state index contributed by atoms with van der Waals surface area (Å²) in [6.45, 7) is 1.37. The van der Waals surface area contributed by atoms with Crippen LogP contribution in [0, 0.1) is 0 Å². The standard InChI is InChI=1S/C9H11ClN2O2S.ClH/c10-7-1-3-9(4-2-7)15(13,14)12-8-5-11-6-8;/h1-4,8,11-12H,5-6H2;1H. The third-order valence-corrected chi connectivity index (χ3v) is 4.02. The van der Waals surface area contributed by atoms with Gasteiger partial charge < -0.3 is 5.32 Å². The molecule has 2 rings (SSSR count). The number of rotatable bonds is 3. The summed E-state index contributed by atoms with van der Waals surface area (Å²) in [5.74, 6) is 0. The van der Waals surface area contributed by atoms with Crippen LogP contribution in [0.5, 0.6) is 0 Å². The van der Waals surface area contributed by atoms with E-state index in [2.05, 4.69) is 10.0 Å². The molecule has 2 N–H and O–H groups in total. The van der Waals surface area contributed by atoms with E-state index in [0.717, 1.165) is 0 Å². The van der Waals surface area contributed by atoms with Crippen molar-refractivity contribution in [2.24, 2.45) is 0 Å². The topological polar surface area (TPSA) is 58.2 Å². The Morgan fingerprint density at radius 3 is 2.25 bits per heavy atom. The van der Waals surface area contributed by atoms with Crippen LogP contribution in [-0.2, 0) is 10.0 Å². The first-order valence-electron chi connectivity index (χ1n) is 4.56. The van der Waals surface area contributed by atoms with E-state index in [-0.39, 0.29) is 23.3 Å². The fourth-order valence-electron chi connectivity index (χ4n) is 1.27. The molecule has 1 heterocycles. The normalized spacial score (nSPS) is 16.3. The molecule has 1 aromatic rings. The molecule has 1 aliphatic rings. The lowest BCUT2D eigenvalue weighted by atomic mass is 10.2. The molecule has 1 saturated heterocycles. The van der Waals surface area contributed by atoms with Crippen molar-refractivity contribution in [3.63, 3.8) is 0 Å². The zero-order valence-corrected chi connectivity index (χ0v) is 10.7. The van der Waals surface area contributed by atoms with Crippen LogP contribution in [0.2, 0.25) is 5.02 Å². The maximum atomic E-state index is 11.8. The molecule has 0 amide bonds. The van der Waals surface area contributed by atoms with Crippen molar-refractivity contribution >= 4 is 34.0 Å². The number of hydrogen-bond acceptors (Lipinski definition) is 3. The SMILES string of the molecule is Cl.O=S(=O)(NC1CNC1)c1ccc(Cl)cc1. The fourth-order valence-corrected chi connectivity index (χ4v) is 2.64. The third kappa shape index (κ3) is 3.09. The Balaban J connectivity index is 0.00000128. The second-order valence-corrected chi connectivity index (χ2v) is 5.58. The van der Waals surface area contributed by atoms with Crippen molar-refractivity contribution in [3.05, 3.63) is 29.3 Å². The lowest BCUT2D eigenvalue weighted by molar-refractivity contribution is 0.410. The summed E-state index contributed by atoms with van der Waals surface area (Å²) in [5.41, 5.74) is 0. The second-order valence-electron chi connectivity index (χ2n) is 3.43. The summed E-state index contributed by atoms with van der Waals surface area (Å²) in [4.78, 5) is 0.249. The van der Waals surface area contributed by atoms with E-state index < -0.39 is 10.0 Å². The average Bonchev–Trinajstić information content (AvgIpc) is 2.13. The maximum Gasteiger partial charge on any atom is 0.240 e. The Morgan fingerprint density at radius 2 is 1.81 bits per heavy atom. The third-order valence-electron chi connectivity index (χ3n) is 2.23. The highest BCUT2D eigenvalue weighted by molar-refractivity contribution is 7.89. The fraction of sp³-hybridized carbons (Fsp3) is 0.333. The van der Waals surface area contributed by atoms with Crippen LogP contribution >= 0.6 is 24.0 Å². The van der Waals surface area contributed by atoms with Gasteiger partial charge in [0.15, 0.2) is 0 Å². The van der Waals surface area contributed by atoms with Gasteiger partial charge >= 0.3 is 0 Å². The van der Waals surface area contributed by atoms with Gasteiger partial charge in [0, 0.05) is 24.2 Å². The quantitative estimate of drug-likeness (QED) is 0.870. The largest absolute Gasteiger partial charge is 0.313 e. The van der Waals surface area contributed by atoms with Crippen molar-refractivity contribution in [2.45, 2.75) is 10.9 Å². The van der Waals surface area contributed by atoms with Crippen molar-refractivity contribution in [3.8, 4) is 0 Å². The predicted molar refractivity (Wildman–Crippen MR) is 65.7 cm³/mol. The van der Waals surface area contributed by atoms with Gasteiger partial charge in [0.05, 0.1) is 4.90 Å². The highest BCUT2D eigenvalue weighted by Gasteiger charge is 2.23. The summed E-state index contributed by atoms with van der Waals surface area (Å²) in [5, 5.41) is 3.52. The smallest absolute Gasteiger partial charge is 0.240 e. The Bertz CT molecular complexity index is 443. The van der Waals surface area contributed by atoms with Crippen LogP contribution < -0.4 is 10.0 Å². The average molecular weight is 283 g/mol. The molecule has 1 fully saturated rings. The van der Waals surface area contributed by atoms with E-state index in [1.165, 1.54) is 12.1 Å². The van der Waals surface area contributed by atoms with Gasteiger partial charge in [0.1, 0.15) is 0 Å². The van der Waals surface area contributed by atoms with Crippen molar-refractivity contribution in [1.29, 1.82) is 0 Å². The molecule has 90 valence electrons. The molecule has 1 aliphatic heterocycles. The summed E-state index contributed by atoms with van der Waals surface area (Å²) >= 11 is 5.68. The molecule has 0 atom stereocenters. The molecule has 0 aliphatic carbocycles. The van der Waals surface area contributed by atoms with Gasteiger partial charge in [-0.15, -0.1) is 12.4 Å². The summed E-state index contributed by atoms with van der Waals surface area (Å²) in [6, 6.07) is 6.13. The number of nitrogens with one attached hydrogen (secondary N) is 2. The Kier molecular flexibility index (Phi) is 4.58. The molecule has 0 aromatic heterocycles. The van der Waals surface area contributed by atoms with Gasteiger partial charge in [-0.05, 0) is 24.3 Å². The monoisotopic (exact) mass is 282 g/mol. The molecule has 0 saturated carbocycles. The first-order valence-corrected chi connectivity index (χ1v) is 6.43. The molecule has 0 radical (unpaired) electrons. The van der Waals surface area contributed by atoms with E-state index in [1.54, 1.807) is 12.1 Å².